The Bertz CT molecular complexity index is 486. The summed E-state index contributed by atoms with van der Waals surface area (Å²) in [6.45, 7) is 0.584. The van der Waals surface area contributed by atoms with Crippen LogP contribution in [-0.4, -0.2) is 19.6 Å². The first kappa shape index (κ1) is 14.3. The Morgan fingerprint density at radius 1 is 1.00 bits per heavy atom. The quantitative estimate of drug-likeness (QED) is 0.819. The van der Waals surface area contributed by atoms with Gasteiger partial charge in [0.15, 0.2) is 0 Å². The van der Waals surface area contributed by atoms with Crippen molar-refractivity contribution in [1.29, 1.82) is 0 Å². The lowest BCUT2D eigenvalue weighted by atomic mass is 9.99. The van der Waals surface area contributed by atoms with E-state index in [4.69, 9.17) is 0 Å². The molecule has 0 aliphatic heterocycles. The van der Waals surface area contributed by atoms with E-state index >= 15 is 0 Å². The maximum absolute atomic E-state index is 11.2. The van der Waals surface area contributed by atoms with Crippen molar-refractivity contribution in [3.05, 3.63) is 71.8 Å². The zero-order valence-corrected chi connectivity index (χ0v) is 11.6. The summed E-state index contributed by atoms with van der Waals surface area (Å²) in [6, 6.07) is 20.5. The fraction of sp³-hybridized carbons (Fsp3) is 0.235. The zero-order chi connectivity index (χ0) is 14.2. The number of nitrogens with one attached hydrogen (secondary N) is 1. The largest absolute Gasteiger partial charge is 0.469 e. The lowest BCUT2D eigenvalue weighted by molar-refractivity contribution is -0.140. The van der Waals surface area contributed by atoms with Gasteiger partial charge in [0.1, 0.15) is 0 Å². The lowest BCUT2D eigenvalue weighted by Gasteiger charge is -2.19. The molecule has 0 saturated carbocycles. The van der Waals surface area contributed by atoms with Crippen LogP contribution >= 0.6 is 0 Å². The smallest absolute Gasteiger partial charge is 0.306 e. The van der Waals surface area contributed by atoms with E-state index in [1.165, 1.54) is 18.2 Å². The molecule has 0 aromatic heterocycles. The molecule has 0 aliphatic rings. The summed E-state index contributed by atoms with van der Waals surface area (Å²) < 4.78 is 4.66. The number of hydrogen-bond donors (Lipinski definition) is 1. The highest BCUT2D eigenvalue weighted by molar-refractivity contribution is 5.69. The van der Waals surface area contributed by atoms with Crippen molar-refractivity contribution in [2.75, 3.05) is 13.7 Å². The number of rotatable bonds is 6. The first-order valence-electron chi connectivity index (χ1n) is 6.71. The van der Waals surface area contributed by atoms with Crippen molar-refractivity contribution in [1.82, 2.24) is 5.32 Å². The average Bonchev–Trinajstić information content (AvgIpc) is 2.53. The van der Waals surface area contributed by atoms with Crippen LogP contribution in [0.3, 0.4) is 0 Å². The average molecular weight is 269 g/mol. The highest BCUT2D eigenvalue weighted by atomic mass is 16.5. The Morgan fingerprint density at radius 2 is 1.50 bits per heavy atom. The van der Waals surface area contributed by atoms with Gasteiger partial charge < -0.3 is 10.1 Å². The van der Waals surface area contributed by atoms with E-state index in [0.717, 1.165) is 0 Å². The van der Waals surface area contributed by atoms with Crippen molar-refractivity contribution in [2.24, 2.45) is 0 Å². The molecule has 0 spiro atoms. The number of carbonyl (C=O) groups is 1. The normalized spacial score (nSPS) is 10.5. The molecule has 0 amide bonds. The van der Waals surface area contributed by atoms with Gasteiger partial charge in [0, 0.05) is 6.54 Å². The van der Waals surface area contributed by atoms with Crippen LogP contribution in [-0.2, 0) is 9.53 Å². The molecule has 3 nitrogen and oxygen atoms in total. The summed E-state index contributed by atoms with van der Waals surface area (Å²) in [5.74, 6) is -0.197. The Labute approximate surface area is 119 Å². The van der Waals surface area contributed by atoms with Crippen LogP contribution in [0, 0.1) is 0 Å². The third kappa shape index (κ3) is 3.93. The minimum absolute atomic E-state index is 0.0852. The number of methoxy groups -OCH3 is 1. The van der Waals surface area contributed by atoms with Crippen molar-refractivity contribution >= 4 is 5.97 Å². The van der Waals surface area contributed by atoms with Gasteiger partial charge in [-0.15, -0.1) is 0 Å². The molecule has 3 heteroatoms. The maximum atomic E-state index is 11.2. The van der Waals surface area contributed by atoms with Crippen LogP contribution in [0.15, 0.2) is 60.7 Å². The summed E-state index contributed by atoms with van der Waals surface area (Å²) >= 11 is 0. The lowest BCUT2D eigenvalue weighted by Crippen LogP contribution is -2.25. The van der Waals surface area contributed by atoms with Gasteiger partial charge in [-0.2, -0.15) is 0 Å². The van der Waals surface area contributed by atoms with Crippen LogP contribution in [0.5, 0.6) is 0 Å². The van der Waals surface area contributed by atoms with Crippen LogP contribution < -0.4 is 5.32 Å². The van der Waals surface area contributed by atoms with E-state index in [0.29, 0.717) is 13.0 Å². The fourth-order valence-corrected chi connectivity index (χ4v) is 2.14. The van der Waals surface area contributed by atoms with Gasteiger partial charge in [0.05, 0.1) is 19.6 Å². The van der Waals surface area contributed by atoms with Gasteiger partial charge in [-0.25, -0.2) is 0 Å². The molecule has 1 N–H and O–H groups in total. The van der Waals surface area contributed by atoms with Crippen LogP contribution in [0.4, 0.5) is 0 Å². The SMILES string of the molecule is COC(=O)CCNC(c1ccccc1)c1ccccc1. The second-order valence-electron chi connectivity index (χ2n) is 4.53. The van der Waals surface area contributed by atoms with Gasteiger partial charge in [0.25, 0.3) is 0 Å². The Morgan fingerprint density at radius 3 is 1.95 bits per heavy atom. The van der Waals surface area contributed by atoms with Crippen LogP contribution in [0.25, 0.3) is 0 Å². The summed E-state index contributed by atoms with van der Waals surface area (Å²) in [4.78, 5) is 11.2. The van der Waals surface area contributed by atoms with Crippen molar-refractivity contribution in [3.63, 3.8) is 0 Å². The maximum Gasteiger partial charge on any atom is 0.306 e. The van der Waals surface area contributed by atoms with Gasteiger partial charge in [-0.05, 0) is 11.1 Å². The highest BCUT2D eigenvalue weighted by Crippen LogP contribution is 2.21. The molecule has 0 atom stereocenters. The van der Waals surface area contributed by atoms with Gasteiger partial charge in [0.2, 0.25) is 0 Å². The molecule has 2 rings (SSSR count). The molecule has 20 heavy (non-hydrogen) atoms. The molecule has 0 aliphatic carbocycles. The molecular formula is C17H19NO2. The monoisotopic (exact) mass is 269 g/mol. The summed E-state index contributed by atoms with van der Waals surface area (Å²) in [7, 11) is 1.41. The summed E-state index contributed by atoms with van der Waals surface area (Å²) in [5.41, 5.74) is 2.37. The third-order valence-corrected chi connectivity index (χ3v) is 3.17. The minimum atomic E-state index is -0.197. The minimum Gasteiger partial charge on any atom is -0.469 e. The standard InChI is InChI=1S/C17H19NO2/c1-20-16(19)12-13-18-17(14-8-4-2-5-9-14)15-10-6-3-7-11-15/h2-11,17-18H,12-13H2,1H3. The van der Waals surface area contributed by atoms with E-state index < -0.39 is 0 Å². The fourth-order valence-electron chi connectivity index (χ4n) is 2.14. The molecule has 0 saturated heterocycles. The van der Waals surface area contributed by atoms with Crippen LogP contribution in [0.1, 0.15) is 23.6 Å². The number of hydrogen-bond acceptors (Lipinski definition) is 3. The molecule has 0 fully saturated rings. The number of ether oxygens (including phenoxy) is 1. The van der Waals surface area contributed by atoms with Gasteiger partial charge >= 0.3 is 5.97 Å². The topological polar surface area (TPSA) is 38.3 Å². The van der Waals surface area contributed by atoms with E-state index in [9.17, 15) is 4.79 Å². The Kier molecular flexibility index (Phi) is 5.33. The number of esters is 1. The Balaban J connectivity index is 2.11. The van der Waals surface area contributed by atoms with Crippen molar-refractivity contribution in [2.45, 2.75) is 12.5 Å². The number of benzene rings is 2. The van der Waals surface area contributed by atoms with E-state index in [-0.39, 0.29) is 12.0 Å². The first-order valence-corrected chi connectivity index (χ1v) is 6.71. The van der Waals surface area contributed by atoms with E-state index in [2.05, 4.69) is 34.3 Å². The first-order chi connectivity index (χ1) is 9.81. The molecule has 0 heterocycles. The number of carbonyl (C=O) groups excluding carboxylic acids is 1. The second kappa shape index (κ2) is 7.46. The third-order valence-electron chi connectivity index (χ3n) is 3.17. The molecule has 0 unspecified atom stereocenters. The molecule has 104 valence electrons. The molecule has 0 radical (unpaired) electrons. The molecule has 2 aromatic rings. The molecule has 0 bridgehead atoms. The second-order valence-corrected chi connectivity index (χ2v) is 4.53. The summed E-state index contributed by atoms with van der Waals surface area (Å²) in [6.07, 6.45) is 0.368. The predicted molar refractivity (Wildman–Crippen MR) is 79.4 cm³/mol. The molecular weight excluding hydrogens is 250 g/mol. The van der Waals surface area contributed by atoms with Gasteiger partial charge in [-0.3, -0.25) is 4.79 Å². The van der Waals surface area contributed by atoms with E-state index in [1.807, 2.05) is 36.4 Å². The Hall–Kier alpha value is -2.13. The van der Waals surface area contributed by atoms with Crippen LogP contribution in [0.2, 0.25) is 0 Å². The summed E-state index contributed by atoms with van der Waals surface area (Å²) in [5, 5.41) is 3.42. The molecule has 2 aromatic carbocycles. The highest BCUT2D eigenvalue weighted by Gasteiger charge is 2.13. The van der Waals surface area contributed by atoms with Gasteiger partial charge in [-0.1, -0.05) is 60.7 Å². The zero-order valence-electron chi connectivity index (χ0n) is 11.6. The van der Waals surface area contributed by atoms with Crippen molar-refractivity contribution in [3.8, 4) is 0 Å². The van der Waals surface area contributed by atoms with E-state index in [1.54, 1.807) is 0 Å². The van der Waals surface area contributed by atoms with Crippen molar-refractivity contribution < 1.29 is 9.53 Å². The predicted octanol–water partition coefficient (Wildman–Crippen LogP) is 2.93.